The Morgan fingerprint density at radius 2 is 1.81 bits per heavy atom. The van der Waals surface area contributed by atoms with Gasteiger partial charge in [0.25, 0.3) is 0 Å². The van der Waals surface area contributed by atoms with Crippen LogP contribution >= 0.6 is 43.6 Å². The third-order valence-corrected chi connectivity index (χ3v) is 6.86. The van der Waals surface area contributed by atoms with Crippen molar-refractivity contribution >= 4 is 49.3 Å². The van der Waals surface area contributed by atoms with Gasteiger partial charge >= 0.3 is 8.60 Å². The first kappa shape index (κ1) is 31.9. The van der Waals surface area contributed by atoms with E-state index >= 15 is 0 Å². The lowest BCUT2D eigenvalue weighted by atomic mass is 10.1. The molecule has 16 heteroatoms. The van der Waals surface area contributed by atoms with Crippen LogP contribution in [-0.4, -0.2) is 52.3 Å². The first-order valence-electron chi connectivity index (χ1n) is 10.5. The van der Waals surface area contributed by atoms with Gasteiger partial charge in [-0.1, -0.05) is 35.0 Å². The van der Waals surface area contributed by atoms with Crippen LogP contribution in [0.3, 0.4) is 0 Å². The van der Waals surface area contributed by atoms with E-state index in [1.807, 2.05) is 0 Å². The summed E-state index contributed by atoms with van der Waals surface area (Å²) in [6, 6.07) is 6.17. The fourth-order valence-corrected chi connectivity index (χ4v) is 4.80. The Morgan fingerprint density at radius 1 is 1.16 bits per heavy atom. The number of ether oxygens (including phenoxy) is 2. The molecule has 2 aromatic rings. The summed E-state index contributed by atoms with van der Waals surface area (Å²) < 4.78 is 56.8. The molecule has 206 valence electrons. The van der Waals surface area contributed by atoms with Crippen LogP contribution in [0.5, 0.6) is 0 Å². The summed E-state index contributed by atoms with van der Waals surface area (Å²) in [5, 5.41) is 1.56. The van der Waals surface area contributed by atoms with E-state index in [4.69, 9.17) is 54.5 Å². The highest BCUT2D eigenvalue weighted by Crippen LogP contribution is 2.37. The quantitative estimate of drug-likeness (QED) is 0.0536. The van der Waals surface area contributed by atoms with E-state index in [0.717, 1.165) is 23.0 Å². The zero-order valence-electron chi connectivity index (χ0n) is 19.4. The summed E-state index contributed by atoms with van der Waals surface area (Å²) in [4.78, 5) is 19.7. The Bertz CT molecular complexity index is 1060. The van der Waals surface area contributed by atoms with Crippen LogP contribution in [0.1, 0.15) is 12.5 Å². The molecule has 9 nitrogen and oxygen atoms in total. The van der Waals surface area contributed by atoms with Crippen LogP contribution in [0.25, 0.3) is 5.70 Å². The summed E-state index contributed by atoms with van der Waals surface area (Å²) in [5.74, 6) is 1.49. The largest absolute Gasteiger partial charge is 0.397 e. The third kappa shape index (κ3) is 10.4. The van der Waals surface area contributed by atoms with Crippen molar-refractivity contribution < 1.29 is 37.0 Å². The molecule has 0 aliphatic rings. The third-order valence-electron chi connectivity index (χ3n) is 4.48. The van der Waals surface area contributed by atoms with Crippen LogP contribution in [0, 0.1) is 17.5 Å². The standard InChI is InChI=1S/C21H26Cl2F3N4O5PS/c1-2-33-10-19(28)34-21(37-12-3-4-13(22)14(23)7-12)18(35-36(31)32)9-30(29)8-17(27)11-5-15(24)20(26)16(25)6-11/h3-8,18-19,21,31-32H,2,9-10,27-29H2,1H3/b17-8-/t18-,19?,21?/m0/s1. The molecule has 0 amide bonds. The van der Waals surface area contributed by atoms with E-state index in [0.29, 0.717) is 28.7 Å². The highest BCUT2D eigenvalue weighted by Gasteiger charge is 2.30. The molecule has 2 unspecified atom stereocenters. The highest BCUT2D eigenvalue weighted by atomic mass is 35.5. The molecule has 2 aromatic carbocycles. The fraction of sp³-hybridized carbons (Fsp3) is 0.333. The number of rotatable bonds is 14. The van der Waals surface area contributed by atoms with E-state index in [1.165, 1.54) is 0 Å². The van der Waals surface area contributed by atoms with Gasteiger partial charge in [-0.2, -0.15) is 0 Å². The fourth-order valence-electron chi connectivity index (χ4n) is 2.85. The van der Waals surface area contributed by atoms with Gasteiger partial charge < -0.3 is 40.3 Å². The van der Waals surface area contributed by atoms with Crippen molar-refractivity contribution in [3.63, 3.8) is 0 Å². The van der Waals surface area contributed by atoms with Gasteiger partial charge in [0, 0.05) is 23.3 Å². The topological polar surface area (TPSA) is 149 Å². The molecule has 0 aliphatic heterocycles. The van der Waals surface area contributed by atoms with E-state index in [2.05, 4.69) is 0 Å². The molecule has 0 saturated carbocycles. The van der Waals surface area contributed by atoms with Gasteiger partial charge in [0.15, 0.2) is 17.5 Å². The highest BCUT2D eigenvalue weighted by molar-refractivity contribution is 7.99. The van der Waals surface area contributed by atoms with Crippen molar-refractivity contribution in [3.8, 4) is 0 Å². The Hall–Kier alpha value is -1.35. The number of benzene rings is 2. The van der Waals surface area contributed by atoms with Crippen molar-refractivity contribution in [2.45, 2.75) is 29.6 Å². The van der Waals surface area contributed by atoms with Gasteiger partial charge in [-0.05, 0) is 37.3 Å². The van der Waals surface area contributed by atoms with Crippen molar-refractivity contribution in [2.75, 3.05) is 19.8 Å². The van der Waals surface area contributed by atoms with E-state index in [-0.39, 0.29) is 29.4 Å². The average Bonchev–Trinajstić information content (AvgIpc) is 2.81. The maximum Gasteiger partial charge on any atom is 0.327 e. The zero-order chi connectivity index (χ0) is 27.7. The van der Waals surface area contributed by atoms with Crippen LogP contribution < -0.4 is 17.3 Å². The van der Waals surface area contributed by atoms with Crippen LogP contribution in [-0.2, 0) is 14.0 Å². The van der Waals surface area contributed by atoms with Gasteiger partial charge in [-0.15, -0.1) is 0 Å². The molecule has 0 bridgehead atoms. The summed E-state index contributed by atoms with van der Waals surface area (Å²) in [5.41, 5.74) is 10.5. The minimum absolute atomic E-state index is 0.0234. The number of nitrogens with zero attached hydrogens (tertiary/aromatic N) is 1. The van der Waals surface area contributed by atoms with E-state index in [9.17, 15) is 23.0 Å². The van der Waals surface area contributed by atoms with Gasteiger partial charge in [0.2, 0.25) is 0 Å². The van der Waals surface area contributed by atoms with Gasteiger partial charge in [0.1, 0.15) is 17.8 Å². The Labute approximate surface area is 227 Å². The van der Waals surface area contributed by atoms with Gasteiger partial charge in [0.05, 0.1) is 28.9 Å². The maximum absolute atomic E-state index is 13.6. The minimum atomic E-state index is -2.89. The molecule has 0 radical (unpaired) electrons. The predicted octanol–water partition coefficient (Wildman–Crippen LogP) is 3.90. The molecular weight excluding hydrogens is 579 g/mol. The molecule has 0 aliphatic carbocycles. The second-order valence-electron chi connectivity index (χ2n) is 7.33. The number of thioether (sulfide) groups is 1. The minimum Gasteiger partial charge on any atom is -0.397 e. The summed E-state index contributed by atoms with van der Waals surface area (Å²) in [7, 11) is -2.89. The normalized spacial score (nSPS) is 14.6. The lowest BCUT2D eigenvalue weighted by molar-refractivity contribution is -0.0597. The van der Waals surface area contributed by atoms with Crippen molar-refractivity contribution in [3.05, 3.63) is 69.6 Å². The van der Waals surface area contributed by atoms with Crippen molar-refractivity contribution in [1.29, 1.82) is 0 Å². The molecule has 0 saturated heterocycles. The number of nitrogens with two attached hydrogens (primary N) is 3. The lowest BCUT2D eigenvalue weighted by Gasteiger charge is -2.31. The molecule has 3 atom stereocenters. The lowest BCUT2D eigenvalue weighted by Crippen LogP contribution is -2.44. The SMILES string of the molecule is CCOCC(N)OC(Sc1ccc(Cl)c(Cl)c1)[C@H](CN(N)/C=C(\N)c1cc(F)c(F)c(F)c1)OP(O)O. The summed E-state index contributed by atoms with van der Waals surface area (Å²) >= 11 is 13.2. The van der Waals surface area contributed by atoms with Crippen molar-refractivity contribution in [1.82, 2.24) is 5.01 Å². The summed E-state index contributed by atoms with van der Waals surface area (Å²) in [6.07, 6.45) is -0.989. The first-order chi connectivity index (χ1) is 17.4. The Balaban J connectivity index is 2.31. The molecular formula is C21H26Cl2F3N4O5PS. The monoisotopic (exact) mass is 604 g/mol. The number of hydrogen-bond acceptors (Lipinski definition) is 10. The van der Waals surface area contributed by atoms with Gasteiger partial charge in [-0.25, -0.2) is 19.0 Å². The molecule has 0 heterocycles. The molecule has 8 N–H and O–H groups in total. The van der Waals surface area contributed by atoms with Crippen LogP contribution in [0.4, 0.5) is 13.2 Å². The number of hydrogen-bond donors (Lipinski definition) is 5. The molecule has 0 spiro atoms. The second kappa shape index (κ2) is 15.3. The first-order valence-corrected chi connectivity index (χ1v) is 13.3. The predicted molar refractivity (Wildman–Crippen MR) is 137 cm³/mol. The number of hydrazine groups is 1. The van der Waals surface area contributed by atoms with Crippen molar-refractivity contribution in [2.24, 2.45) is 17.3 Å². The van der Waals surface area contributed by atoms with E-state index < -0.39 is 43.8 Å². The zero-order valence-corrected chi connectivity index (χ0v) is 22.6. The second-order valence-corrected chi connectivity index (χ2v) is 10.0. The van der Waals surface area contributed by atoms with Crippen LogP contribution in [0.15, 0.2) is 41.4 Å². The Kier molecular flexibility index (Phi) is 13.2. The Morgan fingerprint density at radius 3 is 2.38 bits per heavy atom. The average molecular weight is 605 g/mol. The smallest absolute Gasteiger partial charge is 0.327 e. The molecule has 0 fully saturated rings. The van der Waals surface area contributed by atoms with E-state index in [1.54, 1.807) is 25.1 Å². The van der Waals surface area contributed by atoms with Crippen LogP contribution in [0.2, 0.25) is 10.0 Å². The molecule has 37 heavy (non-hydrogen) atoms. The maximum atomic E-state index is 13.6. The summed E-state index contributed by atoms with van der Waals surface area (Å²) in [6.45, 7) is 1.90. The number of halogens is 5. The molecule has 0 aromatic heterocycles. The van der Waals surface area contributed by atoms with Gasteiger partial charge in [-0.3, -0.25) is 0 Å². The molecule has 2 rings (SSSR count).